The van der Waals surface area contributed by atoms with Crippen LogP contribution in [-0.4, -0.2) is 40.6 Å². The maximum Gasteiger partial charge on any atom is 0.242 e. The number of hydrogen-bond acceptors (Lipinski definition) is 5. The molecule has 0 aliphatic carbocycles. The van der Waals surface area contributed by atoms with Gasteiger partial charge in [-0.05, 0) is 35.7 Å². The minimum atomic E-state index is -0.216. The maximum absolute atomic E-state index is 12.7. The second kappa shape index (κ2) is 9.68. The summed E-state index contributed by atoms with van der Waals surface area (Å²) in [6.07, 6.45) is 0.587. The van der Waals surface area contributed by atoms with Crippen molar-refractivity contribution in [2.45, 2.75) is 18.3 Å². The molecule has 0 saturated carbocycles. The van der Waals surface area contributed by atoms with E-state index in [-0.39, 0.29) is 11.2 Å². The molecule has 142 valence electrons. The van der Waals surface area contributed by atoms with Gasteiger partial charge in [0.1, 0.15) is 16.7 Å². The summed E-state index contributed by atoms with van der Waals surface area (Å²) in [7, 11) is 1.62. The number of amides is 1. The minimum absolute atomic E-state index is 0.0461. The number of rotatable bonds is 8. The van der Waals surface area contributed by atoms with E-state index < -0.39 is 0 Å². The molecule has 27 heavy (non-hydrogen) atoms. The summed E-state index contributed by atoms with van der Waals surface area (Å²) in [6.45, 7) is 1.46. The zero-order valence-corrected chi connectivity index (χ0v) is 18.1. The van der Waals surface area contributed by atoms with Gasteiger partial charge in [-0.2, -0.15) is 0 Å². The molecule has 3 rings (SSSR count). The molecule has 1 atom stereocenters. The number of halogens is 1. The molecule has 1 aliphatic rings. The van der Waals surface area contributed by atoms with Crippen molar-refractivity contribution in [3.63, 3.8) is 0 Å². The van der Waals surface area contributed by atoms with Crippen LogP contribution in [0.15, 0.2) is 53.0 Å². The molecule has 7 heteroatoms. The van der Waals surface area contributed by atoms with Crippen molar-refractivity contribution in [2.24, 2.45) is 0 Å². The highest BCUT2D eigenvalue weighted by Crippen LogP contribution is 2.32. The highest BCUT2D eigenvalue weighted by Gasteiger charge is 2.36. The first-order valence-electron chi connectivity index (χ1n) is 8.54. The van der Waals surface area contributed by atoms with Crippen LogP contribution in [0.1, 0.15) is 11.1 Å². The van der Waals surface area contributed by atoms with Gasteiger partial charge in [0, 0.05) is 11.6 Å². The van der Waals surface area contributed by atoms with Gasteiger partial charge in [0.2, 0.25) is 5.91 Å². The molecule has 2 aromatic rings. The minimum Gasteiger partial charge on any atom is -0.489 e. The van der Waals surface area contributed by atoms with Gasteiger partial charge >= 0.3 is 0 Å². The van der Waals surface area contributed by atoms with Gasteiger partial charge < -0.3 is 9.47 Å². The molecule has 1 amide bonds. The number of ether oxygens (including phenoxy) is 2. The molecule has 0 spiro atoms. The lowest BCUT2D eigenvalue weighted by Crippen LogP contribution is -2.34. The van der Waals surface area contributed by atoms with Gasteiger partial charge in [0.15, 0.2) is 0 Å². The van der Waals surface area contributed by atoms with Crippen LogP contribution in [0.3, 0.4) is 0 Å². The van der Waals surface area contributed by atoms with Crippen molar-refractivity contribution < 1.29 is 14.3 Å². The quantitative estimate of drug-likeness (QED) is 0.538. The Morgan fingerprint density at radius 2 is 1.93 bits per heavy atom. The van der Waals surface area contributed by atoms with Gasteiger partial charge in [-0.1, -0.05) is 70.2 Å². The number of nitrogens with zero attached hydrogens (tertiary/aromatic N) is 1. The fourth-order valence-electron chi connectivity index (χ4n) is 2.77. The average molecular weight is 466 g/mol. The van der Waals surface area contributed by atoms with Crippen LogP contribution in [-0.2, 0) is 22.6 Å². The third kappa shape index (κ3) is 5.31. The predicted molar refractivity (Wildman–Crippen MR) is 116 cm³/mol. The lowest BCUT2D eigenvalue weighted by Gasteiger charge is -2.16. The number of benzene rings is 2. The molecule has 0 aromatic heterocycles. The second-order valence-corrected chi connectivity index (χ2v) is 8.83. The van der Waals surface area contributed by atoms with Crippen molar-refractivity contribution in [3.05, 3.63) is 64.1 Å². The van der Waals surface area contributed by atoms with Gasteiger partial charge in [-0.15, -0.1) is 0 Å². The molecule has 0 bridgehead atoms. The summed E-state index contributed by atoms with van der Waals surface area (Å²) in [5, 5.41) is -0.216. The molecule has 1 heterocycles. The molecule has 0 radical (unpaired) electrons. The van der Waals surface area contributed by atoms with Crippen molar-refractivity contribution in [3.8, 4) is 5.75 Å². The van der Waals surface area contributed by atoms with E-state index in [1.54, 1.807) is 12.0 Å². The zero-order chi connectivity index (χ0) is 19.2. The summed E-state index contributed by atoms with van der Waals surface area (Å²) < 4.78 is 12.8. The van der Waals surface area contributed by atoms with E-state index in [1.807, 2.05) is 48.5 Å². The van der Waals surface area contributed by atoms with E-state index in [9.17, 15) is 4.79 Å². The average Bonchev–Trinajstić information content (AvgIpc) is 2.93. The molecular formula is C20H20BrNO3S2. The van der Waals surface area contributed by atoms with E-state index in [0.29, 0.717) is 30.5 Å². The van der Waals surface area contributed by atoms with Gasteiger partial charge in [0.05, 0.1) is 18.4 Å². The Balaban J connectivity index is 1.66. The first-order valence-corrected chi connectivity index (χ1v) is 10.6. The standard InChI is InChI=1S/C20H20BrNO3S2/c1-24-11-10-22-19(23)18(27-20(22)26)12-15-4-2-3-5-17(15)25-13-14-6-8-16(21)9-7-14/h2-9,18H,10-13H2,1H3/t18-/m0/s1. The Bertz CT molecular complexity index is 813. The molecule has 1 saturated heterocycles. The number of thioether (sulfide) groups is 1. The summed E-state index contributed by atoms with van der Waals surface area (Å²) in [4.78, 5) is 14.3. The fraction of sp³-hybridized carbons (Fsp3) is 0.300. The summed E-state index contributed by atoms with van der Waals surface area (Å²) in [5.74, 6) is 0.847. The van der Waals surface area contributed by atoms with Crippen LogP contribution in [0.4, 0.5) is 0 Å². The number of carbonyl (C=O) groups is 1. The van der Waals surface area contributed by atoms with Gasteiger partial charge in [0.25, 0.3) is 0 Å². The molecular weight excluding hydrogens is 446 g/mol. The van der Waals surface area contributed by atoms with Gasteiger partial charge in [-0.25, -0.2) is 0 Å². The molecule has 0 unspecified atom stereocenters. The molecule has 1 aliphatic heterocycles. The maximum atomic E-state index is 12.7. The fourth-order valence-corrected chi connectivity index (χ4v) is 4.60. The number of carbonyl (C=O) groups excluding carboxylic acids is 1. The van der Waals surface area contributed by atoms with Crippen LogP contribution in [0.25, 0.3) is 0 Å². The first-order chi connectivity index (χ1) is 13.1. The first kappa shape index (κ1) is 20.3. The highest BCUT2D eigenvalue weighted by atomic mass is 79.9. The Hall–Kier alpha value is -1.41. The number of methoxy groups -OCH3 is 1. The Kier molecular flexibility index (Phi) is 7.29. The van der Waals surface area contributed by atoms with Crippen LogP contribution < -0.4 is 4.74 Å². The third-order valence-electron chi connectivity index (χ3n) is 4.21. The normalized spacial score (nSPS) is 16.8. The van der Waals surface area contributed by atoms with Crippen LogP contribution in [0.2, 0.25) is 0 Å². The molecule has 1 fully saturated rings. The zero-order valence-electron chi connectivity index (χ0n) is 14.9. The SMILES string of the molecule is COCCN1C(=O)[C@H](Cc2ccccc2OCc2ccc(Br)cc2)SC1=S. The number of thiocarbonyl (C=S) groups is 1. The van der Waals surface area contributed by atoms with Gasteiger partial charge in [-0.3, -0.25) is 9.69 Å². The second-order valence-electron chi connectivity index (χ2n) is 6.08. The highest BCUT2D eigenvalue weighted by molar-refractivity contribution is 9.10. The van der Waals surface area contributed by atoms with E-state index in [0.717, 1.165) is 21.3 Å². The topological polar surface area (TPSA) is 38.8 Å². The predicted octanol–water partition coefficient (Wildman–Crippen LogP) is 4.45. The number of para-hydroxylation sites is 1. The summed E-state index contributed by atoms with van der Waals surface area (Å²) in [5.41, 5.74) is 2.10. The summed E-state index contributed by atoms with van der Waals surface area (Å²) >= 11 is 10.2. The Labute approximate surface area is 177 Å². The third-order valence-corrected chi connectivity index (χ3v) is 6.32. The van der Waals surface area contributed by atoms with Crippen molar-refractivity contribution in [1.82, 2.24) is 4.90 Å². The van der Waals surface area contributed by atoms with E-state index in [1.165, 1.54) is 11.8 Å². The van der Waals surface area contributed by atoms with Crippen LogP contribution in [0.5, 0.6) is 5.75 Å². The number of hydrogen-bond donors (Lipinski definition) is 0. The lowest BCUT2D eigenvalue weighted by molar-refractivity contribution is -0.126. The van der Waals surface area contributed by atoms with E-state index in [4.69, 9.17) is 21.7 Å². The van der Waals surface area contributed by atoms with Crippen LogP contribution >= 0.6 is 39.9 Å². The smallest absolute Gasteiger partial charge is 0.242 e. The summed E-state index contributed by atoms with van der Waals surface area (Å²) in [6, 6.07) is 15.9. The Morgan fingerprint density at radius 3 is 2.67 bits per heavy atom. The van der Waals surface area contributed by atoms with Crippen molar-refractivity contribution in [2.75, 3.05) is 20.3 Å². The molecule has 2 aromatic carbocycles. The van der Waals surface area contributed by atoms with E-state index >= 15 is 0 Å². The Morgan fingerprint density at radius 1 is 1.19 bits per heavy atom. The molecule has 0 N–H and O–H groups in total. The van der Waals surface area contributed by atoms with Crippen LogP contribution in [0, 0.1) is 0 Å². The van der Waals surface area contributed by atoms with Crippen molar-refractivity contribution >= 4 is 50.1 Å². The van der Waals surface area contributed by atoms with E-state index in [2.05, 4.69) is 15.9 Å². The largest absolute Gasteiger partial charge is 0.489 e. The molecule has 4 nitrogen and oxygen atoms in total. The lowest BCUT2D eigenvalue weighted by atomic mass is 10.1. The van der Waals surface area contributed by atoms with Crippen molar-refractivity contribution in [1.29, 1.82) is 0 Å². The monoisotopic (exact) mass is 465 g/mol.